The minimum atomic E-state index is -0.177. The summed E-state index contributed by atoms with van der Waals surface area (Å²) in [7, 11) is 0. The van der Waals surface area contributed by atoms with E-state index in [0.29, 0.717) is 28.9 Å². The largest absolute Gasteiger partial charge is 0.325 e. The molecule has 0 bridgehead atoms. The highest BCUT2D eigenvalue weighted by Crippen LogP contribution is 2.31. The van der Waals surface area contributed by atoms with E-state index in [-0.39, 0.29) is 18.3 Å². The number of nitrogens with one attached hydrogen (secondary N) is 2. The van der Waals surface area contributed by atoms with E-state index in [1.54, 1.807) is 29.7 Å². The van der Waals surface area contributed by atoms with Crippen molar-refractivity contribution in [3.63, 3.8) is 0 Å². The van der Waals surface area contributed by atoms with Gasteiger partial charge in [0.1, 0.15) is 0 Å². The third kappa shape index (κ3) is 4.48. The standard InChI is InChI=1S/C15H19N5OS.ClH/c16-8-12-7-11(3-6-18-12)14(21)20-15-19-9-13(22-15)10-1-4-17-5-2-10;/h3,6-7,9-10,17H,1-2,4-5,8,16H2,(H,19,20,21);1H. The predicted octanol–water partition coefficient (Wildman–Crippen LogP) is 2.14. The molecule has 2 aromatic heterocycles. The van der Waals surface area contributed by atoms with Crippen molar-refractivity contribution in [2.24, 2.45) is 5.73 Å². The van der Waals surface area contributed by atoms with E-state index < -0.39 is 0 Å². The Morgan fingerprint density at radius 3 is 2.91 bits per heavy atom. The van der Waals surface area contributed by atoms with E-state index in [9.17, 15) is 4.79 Å². The van der Waals surface area contributed by atoms with Gasteiger partial charge in [0.2, 0.25) is 0 Å². The minimum absolute atomic E-state index is 0. The number of carbonyl (C=O) groups is 1. The van der Waals surface area contributed by atoms with E-state index in [4.69, 9.17) is 5.73 Å². The van der Waals surface area contributed by atoms with Crippen LogP contribution in [0.2, 0.25) is 0 Å². The van der Waals surface area contributed by atoms with Crippen LogP contribution < -0.4 is 16.4 Å². The molecule has 3 heterocycles. The maximum atomic E-state index is 12.2. The number of nitrogens with two attached hydrogens (primary N) is 1. The van der Waals surface area contributed by atoms with Gasteiger partial charge < -0.3 is 11.1 Å². The van der Waals surface area contributed by atoms with Gasteiger partial charge in [0.05, 0.1) is 5.69 Å². The molecule has 0 saturated carbocycles. The number of hydrogen-bond donors (Lipinski definition) is 3. The Bertz CT molecular complexity index is 657. The fourth-order valence-electron chi connectivity index (χ4n) is 2.54. The maximum absolute atomic E-state index is 12.2. The van der Waals surface area contributed by atoms with Crippen LogP contribution in [0.25, 0.3) is 0 Å². The molecule has 4 N–H and O–H groups in total. The third-order valence-corrected chi connectivity index (χ3v) is 4.85. The molecule has 0 atom stereocenters. The molecule has 1 saturated heterocycles. The van der Waals surface area contributed by atoms with Gasteiger partial charge in [-0.05, 0) is 44.0 Å². The third-order valence-electron chi connectivity index (χ3n) is 3.77. The van der Waals surface area contributed by atoms with Gasteiger partial charge in [0.15, 0.2) is 5.13 Å². The molecular weight excluding hydrogens is 334 g/mol. The number of aromatic nitrogens is 2. The zero-order valence-electron chi connectivity index (χ0n) is 12.6. The van der Waals surface area contributed by atoms with Crippen LogP contribution in [0.3, 0.4) is 0 Å². The Hall–Kier alpha value is -1.54. The Kier molecular flexibility index (Phi) is 6.47. The van der Waals surface area contributed by atoms with E-state index in [0.717, 1.165) is 25.9 Å². The van der Waals surface area contributed by atoms with Crippen LogP contribution in [0.1, 0.15) is 39.7 Å². The zero-order valence-corrected chi connectivity index (χ0v) is 14.3. The number of rotatable bonds is 4. The number of amides is 1. The summed E-state index contributed by atoms with van der Waals surface area (Å²) in [4.78, 5) is 21.9. The van der Waals surface area contributed by atoms with E-state index >= 15 is 0 Å². The van der Waals surface area contributed by atoms with Crippen LogP contribution in [0.5, 0.6) is 0 Å². The monoisotopic (exact) mass is 353 g/mol. The van der Waals surface area contributed by atoms with E-state index in [1.165, 1.54) is 4.88 Å². The highest BCUT2D eigenvalue weighted by atomic mass is 35.5. The SMILES string of the molecule is Cl.NCc1cc(C(=O)Nc2ncc(C3CCNCC3)s2)ccn1. The number of pyridine rings is 1. The number of thiazole rings is 1. The fourth-order valence-corrected chi connectivity index (χ4v) is 3.52. The number of hydrogen-bond acceptors (Lipinski definition) is 6. The highest BCUT2D eigenvalue weighted by Gasteiger charge is 2.18. The molecule has 6 nitrogen and oxygen atoms in total. The first kappa shape index (κ1) is 17.8. The average molecular weight is 354 g/mol. The smallest absolute Gasteiger partial charge is 0.257 e. The second-order valence-corrected chi connectivity index (χ2v) is 6.35. The lowest BCUT2D eigenvalue weighted by atomic mass is 9.97. The van der Waals surface area contributed by atoms with Crippen LogP contribution in [0.4, 0.5) is 5.13 Å². The molecule has 23 heavy (non-hydrogen) atoms. The number of carbonyl (C=O) groups excluding carboxylic acids is 1. The Balaban J connectivity index is 0.00000192. The quantitative estimate of drug-likeness (QED) is 0.783. The molecule has 8 heteroatoms. The second-order valence-electron chi connectivity index (χ2n) is 5.29. The van der Waals surface area contributed by atoms with Crippen molar-refractivity contribution in [3.05, 3.63) is 40.7 Å². The zero-order chi connectivity index (χ0) is 15.4. The molecule has 1 aliphatic heterocycles. The molecule has 0 radical (unpaired) electrons. The Morgan fingerprint density at radius 1 is 1.39 bits per heavy atom. The summed E-state index contributed by atoms with van der Waals surface area (Å²) >= 11 is 1.56. The van der Waals surface area contributed by atoms with Crippen molar-refractivity contribution in [3.8, 4) is 0 Å². The molecule has 1 amide bonds. The van der Waals surface area contributed by atoms with Crippen LogP contribution in [0, 0.1) is 0 Å². The predicted molar refractivity (Wildman–Crippen MR) is 94.3 cm³/mol. The normalized spacial score (nSPS) is 15.0. The van der Waals surface area contributed by atoms with Gasteiger partial charge in [-0.25, -0.2) is 4.98 Å². The number of halogens is 1. The van der Waals surface area contributed by atoms with Gasteiger partial charge in [-0.3, -0.25) is 15.1 Å². The molecule has 0 spiro atoms. The molecule has 0 unspecified atom stereocenters. The summed E-state index contributed by atoms with van der Waals surface area (Å²) in [6, 6.07) is 3.38. The van der Waals surface area contributed by atoms with E-state index in [1.807, 2.05) is 6.20 Å². The Morgan fingerprint density at radius 2 is 2.17 bits per heavy atom. The summed E-state index contributed by atoms with van der Waals surface area (Å²) in [6.45, 7) is 2.41. The number of piperidine rings is 1. The lowest BCUT2D eigenvalue weighted by Gasteiger charge is -2.20. The van der Waals surface area contributed by atoms with E-state index in [2.05, 4.69) is 20.6 Å². The molecular formula is C15H20ClN5OS. The van der Waals surface area contributed by atoms with Crippen molar-refractivity contribution in [1.29, 1.82) is 0 Å². The van der Waals surface area contributed by atoms with Gasteiger partial charge in [-0.1, -0.05) is 0 Å². The first-order valence-corrected chi connectivity index (χ1v) is 8.20. The Labute approximate surface area is 145 Å². The molecule has 1 fully saturated rings. The average Bonchev–Trinajstić information content (AvgIpc) is 3.04. The summed E-state index contributed by atoms with van der Waals surface area (Å²) < 4.78 is 0. The van der Waals surface area contributed by atoms with Crippen LogP contribution in [-0.4, -0.2) is 29.0 Å². The fraction of sp³-hybridized carbons (Fsp3) is 0.400. The van der Waals surface area contributed by atoms with Crippen molar-refractivity contribution in [1.82, 2.24) is 15.3 Å². The molecule has 3 rings (SSSR count). The first-order chi connectivity index (χ1) is 10.8. The molecule has 0 aromatic carbocycles. The van der Waals surface area contributed by atoms with Crippen molar-refractivity contribution < 1.29 is 4.79 Å². The topological polar surface area (TPSA) is 92.9 Å². The minimum Gasteiger partial charge on any atom is -0.325 e. The van der Waals surface area contributed by atoms with Gasteiger partial charge in [-0.15, -0.1) is 23.7 Å². The second kappa shape index (κ2) is 8.35. The molecule has 1 aliphatic rings. The van der Waals surface area contributed by atoms with Gasteiger partial charge in [-0.2, -0.15) is 0 Å². The lowest BCUT2D eigenvalue weighted by Crippen LogP contribution is -2.26. The van der Waals surface area contributed by atoms with Crippen LogP contribution >= 0.6 is 23.7 Å². The summed E-state index contributed by atoms with van der Waals surface area (Å²) in [5.41, 5.74) is 6.79. The van der Waals surface area contributed by atoms with Crippen LogP contribution in [-0.2, 0) is 6.54 Å². The number of anilines is 1. The molecule has 2 aromatic rings. The summed E-state index contributed by atoms with van der Waals surface area (Å²) in [6.07, 6.45) is 5.73. The van der Waals surface area contributed by atoms with Crippen molar-refractivity contribution >= 4 is 34.8 Å². The number of nitrogens with zero attached hydrogens (tertiary/aromatic N) is 2. The first-order valence-electron chi connectivity index (χ1n) is 7.39. The highest BCUT2D eigenvalue weighted by molar-refractivity contribution is 7.15. The van der Waals surface area contributed by atoms with Gasteiger partial charge in [0, 0.05) is 29.4 Å². The maximum Gasteiger partial charge on any atom is 0.257 e. The van der Waals surface area contributed by atoms with Crippen molar-refractivity contribution in [2.45, 2.75) is 25.3 Å². The molecule has 0 aliphatic carbocycles. The van der Waals surface area contributed by atoms with Crippen LogP contribution in [0.15, 0.2) is 24.5 Å². The summed E-state index contributed by atoms with van der Waals surface area (Å²) in [5.74, 6) is 0.373. The lowest BCUT2D eigenvalue weighted by molar-refractivity contribution is 0.102. The van der Waals surface area contributed by atoms with Gasteiger partial charge >= 0.3 is 0 Å². The summed E-state index contributed by atoms with van der Waals surface area (Å²) in [5, 5.41) is 6.85. The van der Waals surface area contributed by atoms with Crippen molar-refractivity contribution in [2.75, 3.05) is 18.4 Å². The molecule has 124 valence electrons. The van der Waals surface area contributed by atoms with Gasteiger partial charge in [0.25, 0.3) is 5.91 Å².